The molecule has 0 spiro atoms. The second kappa shape index (κ2) is 8.22. The van der Waals surface area contributed by atoms with Crippen LogP contribution in [0.15, 0.2) is 54.9 Å². The summed E-state index contributed by atoms with van der Waals surface area (Å²) < 4.78 is 12.0. The lowest BCUT2D eigenvalue weighted by molar-refractivity contribution is -0.137. The van der Waals surface area contributed by atoms with E-state index in [9.17, 15) is 9.90 Å². The number of aryl methyl sites for hydroxylation is 1. The molecule has 0 amide bonds. The van der Waals surface area contributed by atoms with E-state index in [1.54, 1.807) is 12.4 Å². The lowest BCUT2D eigenvalue weighted by atomic mass is 9.93. The number of ether oxygens (including phenoxy) is 2. The Bertz CT molecular complexity index is 1010. The van der Waals surface area contributed by atoms with Crippen molar-refractivity contribution in [3.63, 3.8) is 0 Å². The zero-order chi connectivity index (χ0) is 21.1. The maximum absolute atomic E-state index is 11.3. The van der Waals surface area contributed by atoms with Crippen LogP contribution >= 0.6 is 0 Å². The van der Waals surface area contributed by atoms with Gasteiger partial charge in [0.25, 0.3) is 0 Å². The van der Waals surface area contributed by atoms with E-state index in [4.69, 9.17) is 9.47 Å². The molecule has 4 rings (SSSR count). The molecule has 6 heteroatoms. The third kappa shape index (κ3) is 4.64. The van der Waals surface area contributed by atoms with Crippen LogP contribution in [-0.2, 0) is 17.8 Å². The summed E-state index contributed by atoms with van der Waals surface area (Å²) in [7, 11) is 0. The van der Waals surface area contributed by atoms with E-state index in [2.05, 4.69) is 29.9 Å². The van der Waals surface area contributed by atoms with Crippen LogP contribution in [0.4, 0.5) is 0 Å². The van der Waals surface area contributed by atoms with Gasteiger partial charge in [-0.2, -0.15) is 0 Å². The van der Waals surface area contributed by atoms with Crippen molar-refractivity contribution in [1.82, 2.24) is 9.97 Å². The summed E-state index contributed by atoms with van der Waals surface area (Å²) in [5.74, 6) is 1.16. The first-order chi connectivity index (χ1) is 14.4. The Morgan fingerprint density at radius 1 is 1.27 bits per heavy atom. The fourth-order valence-electron chi connectivity index (χ4n) is 3.78. The average Bonchev–Trinajstić information content (AvgIpc) is 3.25. The van der Waals surface area contributed by atoms with Crippen molar-refractivity contribution in [1.29, 1.82) is 0 Å². The highest BCUT2D eigenvalue weighted by Crippen LogP contribution is 2.34. The molecule has 0 aliphatic carbocycles. The number of imidazole rings is 1. The van der Waals surface area contributed by atoms with E-state index >= 15 is 0 Å². The van der Waals surface area contributed by atoms with Gasteiger partial charge in [-0.3, -0.25) is 4.79 Å². The number of hydrogen-bond donors (Lipinski definition) is 2. The topological polar surface area (TPSA) is 84.4 Å². The number of aromatic amines is 1. The maximum atomic E-state index is 11.3. The summed E-state index contributed by atoms with van der Waals surface area (Å²) in [6, 6.07) is 13.8. The zero-order valence-corrected chi connectivity index (χ0v) is 17.2. The number of H-pyrrole nitrogens is 1. The van der Waals surface area contributed by atoms with Crippen molar-refractivity contribution in [3.05, 3.63) is 77.4 Å². The van der Waals surface area contributed by atoms with Gasteiger partial charge in [-0.1, -0.05) is 18.2 Å². The molecule has 30 heavy (non-hydrogen) atoms. The Labute approximate surface area is 175 Å². The van der Waals surface area contributed by atoms with Gasteiger partial charge in [0.2, 0.25) is 0 Å². The standard InChI is InChI=1S/C24H26N2O4/c1-24(2)10-9-18-13-16(3-8-21(18)30-24)15-29-19-6-4-17(5-7-19)20(14-22(27)28)23-25-11-12-26-23/h3-8,11-13,20H,9-10,14-15H2,1-2H3,(H,25,26)(H,27,28)/t20-/m0/s1. The molecule has 6 nitrogen and oxygen atoms in total. The van der Waals surface area contributed by atoms with Crippen LogP contribution in [0, 0.1) is 0 Å². The first-order valence-electron chi connectivity index (χ1n) is 10.1. The summed E-state index contributed by atoms with van der Waals surface area (Å²) in [6.07, 6.45) is 5.31. The molecule has 1 aromatic heterocycles. The molecule has 2 heterocycles. The molecule has 0 unspecified atom stereocenters. The van der Waals surface area contributed by atoms with E-state index in [-0.39, 0.29) is 17.9 Å². The van der Waals surface area contributed by atoms with Gasteiger partial charge >= 0.3 is 5.97 Å². The quantitative estimate of drug-likeness (QED) is 0.594. The molecular formula is C24H26N2O4. The fourth-order valence-corrected chi connectivity index (χ4v) is 3.78. The van der Waals surface area contributed by atoms with Crippen molar-refractivity contribution in [2.45, 2.75) is 51.2 Å². The highest BCUT2D eigenvalue weighted by Gasteiger charge is 2.26. The molecule has 1 aliphatic heterocycles. The van der Waals surface area contributed by atoms with Crippen molar-refractivity contribution < 1.29 is 19.4 Å². The highest BCUT2D eigenvalue weighted by atomic mass is 16.5. The third-order valence-corrected chi connectivity index (χ3v) is 5.42. The lowest BCUT2D eigenvalue weighted by Gasteiger charge is -2.32. The van der Waals surface area contributed by atoms with Gasteiger partial charge in [0.1, 0.15) is 29.5 Å². The molecule has 0 saturated heterocycles. The van der Waals surface area contributed by atoms with E-state index in [1.165, 1.54) is 5.56 Å². The minimum atomic E-state index is -0.864. The van der Waals surface area contributed by atoms with Crippen LogP contribution in [0.1, 0.15) is 55.1 Å². The van der Waals surface area contributed by atoms with Crippen LogP contribution in [0.3, 0.4) is 0 Å². The summed E-state index contributed by atoms with van der Waals surface area (Å²) in [6.45, 7) is 4.69. The smallest absolute Gasteiger partial charge is 0.304 e. The molecule has 1 atom stereocenters. The lowest BCUT2D eigenvalue weighted by Crippen LogP contribution is -2.32. The van der Waals surface area contributed by atoms with Crippen LogP contribution < -0.4 is 9.47 Å². The molecule has 2 aromatic carbocycles. The van der Waals surface area contributed by atoms with Crippen LogP contribution in [0.25, 0.3) is 0 Å². The molecule has 1 aliphatic rings. The maximum Gasteiger partial charge on any atom is 0.304 e. The van der Waals surface area contributed by atoms with Crippen LogP contribution in [-0.4, -0.2) is 26.6 Å². The monoisotopic (exact) mass is 406 g/mol. The van der Waals surface area contributed by atoms with Gasteiger partial charge in [0.15, 0.2) is 0 Å². The van der Waals surface area contributed by atoms with E-state index in [0.29, 0.717) is 12.4 Å². The van der Waals surface area contributed by atoms with Gasteiger partial charge in [0.05, 0.1) is 12.3 Å². The number of rotatable bonds is 7. The van der Waals surface area contributed by atoms with Gasteiger partial charge < -0.3 is 19.6 Å². The molecule has 0 saturated carbocycles. The predicted octanol–water partition coefficient (Wildman–Crippen LogP) is 4.70. The van der Waals surface area contributed by atoms with Gasteiger partial charge in [-0.15, -0.1) is 0 Å². The molecule has 0 fully saturated rings. The first kappa shape index (κ1) is 20.0. The molecular weight excluding hydrogens is 380 g/mol. The third-order valence-electron chi connectivity index (χ3n) is 5.42. The normalized spacial score (nSPS) is 15.7. The van der Waals surface area contributed by atoms with E-state index in [0.717, 1.165) is 35.5 Å². The molecule has 3 aromatic rings. The highest BCUT2D eigenvalue weighted by molar-refractivity contribution is 5.68. The summed E-state index contributed by atoms with van der Waals surface area (Å²) >= 11 is 0. The van der Waals surface area contributed by atoms with Gasteiger partial charge in [-0.05, 0) is 67.6 Å². The average molecular weight is 406 g/mol. The molecule has 0 bridgehead atoms. The number of aliphatic carboxylic acids is 1. The Kier molecular flexibility index (Phi) is 5.48. The number of carboxylic acids is 1. The predicted molar refractivity (Wildman–Crippen MR) is 113 cm³/mol. The minimum Gasteiger partial charge on any atom is -0.489 e. The Morgan fingerprint density at radius 2 is 2.07 bits per heavy atom. The number of carboxylic acid groups (broad SMARTS) is 1. The summed E-state index contributed by atoms with van der Waals surface area (Å²) in [5.41, 5.74) is 3.09. The molecule has 2 N–H and O–H groups in total. The number of carbonyl (C=O) groups is 1. The van der Waals surface area contributed by atoms with Crippen LogP contribution in [0.5, 0.6) is 11.5 Å². The van der Waals surface area contributed by atoms with Crippen molar-refractivity contribution in [2.75, 3.05) is 0 Å². The van der Waals surface area contributed by atoms with Gasteiger partial charge in [-0.25, -0.2) is 4.98 Å². The van der Waals surface area contributed by atoms with Crippen molar-refractivity contribution in [2.24, 2.45) is 0 Å². The molecule has 0 radical (unpaired) electrons. The van der Waals surface area contributed by atoms with E-state index in [1.807, 2.05) is 36.4 Å². The Hall–Kier alpha value is -3.28. The van der Waals surface area contributed by atoms with Crippen LogP contribution in [0.2, 0.25) is 0 Å². The number of nitrogens with one attached hydrogen (secondary N) is 1. The summed E-state index contributed by atoms with van der Waals surface area (Å²) in [4.78, 5) is 18.5. The largest absolute Gasteiger partial charge is 0.489 e. The van der Waals surface area contributed by atoms with Crippen molar-refractivity contribution >= 4 is 5.97 Å². The van der Waals surface area contributed by atoms with E-state index < -0.39 is 5.97 Å². The number of aromatic nitrogens is 2. The second-order valence-corrected chi connectivity index (χ2v) is 8.29. The fraction of sp³-hybridized carbons (Fsp3) is 0.333. The SMILES string of the molecule is CC1(C)CCc2cc(COc3ccc([C@H](CC(=O)O)c4ncc[nH]4)cc3)ccc2O1. The number of hydrogen-bond acceptors (Lipinski definition) is 4. The number of benzene rings is 2. The summed E-state index contributed by atoms with van der Waals surface area (Å²) in [5, 5.41) is 9.25. The second-order valence-electron chi connectivity index (χ2n) is 8.29. The zero-order valence-electron chi connectivity index (χ0n) is 17.2. The molecule has 156 valence electrons. The minimum absolute atomic E-state index is 0.0261. The first-order valence-corrected chi connectivity index (χ1v) is 10.1. The number of fused-ring (bicyclic) bond motifs is 1. The van der Waals surface area contributed by atoms with Crippen molar-refractivity contribution in [3.8, 4) is 11.5 Å². The Morgan fingerprint density at radius 3 is 2.77 bits per heavy atom. The Balaban J connectivity index is 1.42. The number of nitrogens with zero attached hydrogens (tertiary/aromatic N) is 1. The van der Waals surface area contributed by atoms with Gasteiger partial charge in [0, 0.05) is 12.4 Å².